The van der Waals surface area contributed by atoms with Crippen molar-refractivity contribution >= 4 is 24.8 Å². The Labute approximate surface area is 158 Å². The monoisotopic (exact) mass is 402 g/mol. The highest BCUT2D eigenvalue weighted by Gasteiger charge is 2.39. The summed E-state index contributed by atoms with van der Waals surface area (Å²) in [5.41, 5.74) is -0.929. The molecule has 0 bridgehead atoms. The lowest BCUT2D eigenvalue weighted by Gasteiger charge is -2.39. The predicted octanol–water partition coefficient (Wildman–Crippen LogP) is 4.82. The van der Waals surface area contributed by atoms with Crippen LogP contribution in [0.4, 0.5) is 17.6 Å². The Morgan fingerprint density at radius 2 is 1.64 bits per heavy atom. The Hall–Kier alpha value is -0.560. The van der Waals surface area contributed by atoms with Crippen LogP contribution < -0.4 is 5.32 Å². The van der Waals surface area contributed by atoms with Crippen molar-refractivity contribution in [2.45, 2.75) is 37.9 Å². The summed E-state index contributed by atoms with van der Waals surface area (Å²) in [6, 6.07) is 3.46. The van der Waals surface area contributed by atoms with Gasteiger partial charge in [0.05, 0.1) is 5.56 Å². The van der Waals surface area contributed by atoms with Crippen LogP contribution in [-0.2, 0) is 6.18 Å². The van der Waals surface area contributed by atoms with Gasteiger partial charge in [-0.05, 0) is 24.8 Å². The normalized spacial score (nSPS) is 20.6. The van der Waals surface area contributed by atoms with E-state index in [9.17, 15) is 17.6 Å². The van der Waals surface area contributed by atoms with Crippen molar-refractivity contribution in [2.75, 3.05) is 26.2 Å². The van der Waals surface area contributed by atoms with Crippen molar-refractivity contribution in [3.8, 4) is 0 Å². The summed E-state index contributed by atoms with van der Waals surface area (Å²) in [5.74, 6) is -0.846. The molecule has 0 unspecified atom stereocenters. The number of halogens is 6. The molecule has 1 N–H and O–H groups in total. The third kappa shape index (κ3) is 5.00. The van der Waals surface area contributed by atoms with Crippen molar-refractivity contribution < 1.29 is 17.6 Å². The maximum absolute atomic E-state index is 14.7. The highest BCUT2D eigenvalue weighted by Crippen LogP contribution is 2.42. The molecule has 3 rings (SSSR count). The first-order valence-electron chi connectivity index (χ1n) is 8.29. The minimum absolute atomic E-state index is 0. The number of nitrogens with zero attached hydrogens (tertiary/aromatic N) is 1. The number of hydrogen-bond donors (Lipinski definition) is 1. The molecule has 1 atom stereocenters. The smallest absolute Gasteiger partial charge is 0.314 e. The van der Waals surface area contributed by atoms with Gasteiger partial charge < -0.3 is 5.32 Å². The van der Waals surface area contributed by atoms with Gasteiger partial charge in [-0.2, -0.15) is 13.2 Å². The van der Waals surface area contributed by atoms with Gasteiger partial charge in [-0.25, -0.2) is 4.39 Å². The summed E-state index contributed by atoms with van der Waals surface area (Å²) in [6.45, 7) is 3.08. The van der Waals surface area contributed by atoms with Crippen LogP contribution in [-0.4, -0.2) is 31.1 Å². The minimum Gasteiger partial charge on any atom is -0.314 e. The van der Waals surface area contributed by atoms with Gasteiger partial charge in [0.25, 0.3) is 0 Å². The molecule has 2 fully saturated rings. The van der Waals surface area contributed by atoms with E-state index in [4.69, 9.17) is 0 Å². The molecule has 8 heteroatoms. The Kier molecular flexibility index (Phi) is 8.45. The second-order valence-corrected chi connectivity index (χ2v) is 6.48. The molecular weight excluding hydrogens is 379 g/mol. The van der Waals surface area contributed by atoms with Gasteiger partial charge in [0.15, 0.2) is 0 Å². The Morgan fingerprint density at radius 3 is 2.20 bits per heavy atom. The zero-order valence-corrected chi connectivity index (χ0v) is 15.5. The molecule has 1 aromatic rings. The van der Waals surface area contributed by atoms with E-state index in [-0.39, 0.29) is 42.3 Å². The maximum atomic E-state index is 14.7. The van der Waals surface area contributed by atoms with E-state index in [0.29, 0.717) is 0 Å². The van der Waals surface area contributed by atoms with Gasteiger partial charge in [0.2, 0.25) is 0 Å². The minimum atomic E-state index is -4.65. The van der Waals surface area contributed by atoms with E-state index >= 15 is 0 Å². The second-order valence-electron chi connectivity index (χ2n) is 6.48. The Balaban J connectivity index is 0.00000156. The molecule has 25 heavy (non-hydrogen) atoms. The summed E-state index contributed by atoms with van der Waals surface area (Å²) in [4.78, 5) is 2.16. The average Bonchev–Trinajstić information content (AvgIpc) is 3.03. The predicted molar refractivity (Wildman–Crippen MR) is 95.0 cm³/mol. The van der Waals surface area contributed by atoms with E-state index in [1.807, 2.05) is 0 Å². The third-order valence-corrected chi connectivity index (χ3v) is 5.04. The van der Waals surface area contributed by atoms with Crippen LogP contribution in [0, 0.1) is 11.7 Å². The first-order valence-corrected chi connectivity index (χ1v) is 8.29. The van der Waals surface area contributed by atoms with Gasteiger partial charge in [-0.1, -0.05) is 25.0 Å². The number of alkyl halides is 3. The molecule has 1 aliphatic carbocycles. The lowest BCUT2D eigenvalue weighted by atomic mass is 9.88. The fourth-order valence-corrected chi connectivity index (χ4v) is 3.98. The van der Waals surface area contributed by atoms with E-state index in [0.717, 1.165) is 57.9 Å². The largest absolute Gasteiger partial charge is 0.419 e. The summed E-state index contributed by atoms with van der Waals surface area (Å²) >= 11 is 0. The van der Waals surface area contributed by atoms with Gasteiger partial charge in [-0.15, -0.1) is 24.8 Å². The molecule has 0 amide bonds. The summed E-state index contributed by atoms with van der Waals surface area (Å²) < 4.78 is 53.8. The molecule has 1 aromatic carbocycles. The summed E-state index contributed by atoms with van der Waals surface area (Å²) in [5, 5.41) is 3.25. The Morgan fingerprint density at radius 1 is 1.04 bits per heavy atom. The quantitative estimate of drug-likeness (QED) is 0.728. The van der Waals surface area contributed by atoms with Crippen LogP contribution in [0.25, 0.3) is 0 Å². The van der Waals surface area contributed by atoms with Crippen LogP contribution in [0.3, 0.4) is 0 Å². The van der Waals surface area contributed by atoms with Crippen molar-refractivity contribution in [3.63, 3.8) is 0 Å². The lowest BCUT2D eigenvalue weighted by Crippen LogP contribution is -2.47. The van der Waals surface area contributed by atoms with E-state index in [1.165, 1.54) is 12.1 Å². The molecule has 1 aliphatic heterocycles. The molecule has 144 valence electrons. The summed E-state index contributed by atoms with van der Waals surface area (Å²) in [6.07, 6.45) is -0.569. The fraction of sp³-hybridized carbons (Fsp3) is 0.647. The van der Waals surface area contributed by atoms with Gasteiger partial charge in [0, 0.05) is 37.8 Å². The number of piperazine rings is 1. The molecule has 2 nitrogen and oxygen atoms in total. The number of hydrogen-bond acceptors (Lipinski definition) is 2. The van der Waals surface area contributed by atoms with Crippen molar-refractivity contribution in [2.24, 2.45) is 5.92 Å². The SMILES string of the molecule is Cl.Cl.Fc1c([C@H](C2CCCC2)N2CCNCC2)cccc1C(F)(F)F. The van der Waals surface area contributed by atoms with E-state index < -0.39 is 17.6 Å². The third-order valence-electron chi connectivity index (χ3n) is 5.04. The first kappa shape index (κ1) is 22.5. The topological polar surface area (TPSA) is 15.3 Å². The van der Waals surface area contributed by atoms with Crippen LogP contribution in [0.1, 0.15) is 42.9 Å². The molecule has 1 saturated heterocycles. The molecule has 2 aliphatic rings. The lowest BCUT2D eigenvalue weighted by molar-refractivity contribution is -0.140. The van der Waals surface area contributed by atoms with Gasteiger partial charge in [0.1, 0.15) is 5.82 Å². The highest BCUT2D eigenvalue weighted by molar-refractivity contribution is 5.85. The molecule has 1 saturated carbocycles. The van der Waals surface area contributed by atoms with Crippen LogP contribution in [0.5, 0.6) is 0 Å². The average molecular weight is 403 g/mol. The van der Waals surface area contributed by atoms with E-state index in [1.54, 1.807) is 0 Å². The maximum Gasteiger partial charge on any atom is 0.419 e. The van der Waals surface area contributed by atoms with Crippen molar-refractivity contribution in [3.05, 3.63) is 35.1 Å². The van der Waals surface area contributed by atoms with Crippen LogP contribution in [0.2, 0.25) is 0 Å². The standard InChI is InChI=1S/C17H22F4N2.2ClH/c18-15-13(6-3-7-14(15)17(19,20)21)16(12-4-1-2-5-12)23-10-8-22-9-11-23;;/h3,6-7,12,16,22H,1-2,4-5,8-11H2;2*1H/t16-;;/m0../s1. The summed E-state index contributed by atoms with van der Waals surface area (Å²) in [7, 11) is 0. The molecular formula is C17H24Cl2F4N2. The molecule has 1 heterocycles. The zero-order valence-electron chi connectivity index (χ0n) is 13.8. The molecule has 0 spiro atoms. The van der Waals surface area contributed by atoms with Gasteiger partial charge in [-0.3, -0.25) is 4.90 Å². The number of rotatable bonds is 3. The number of nitrogens with one attached hydrogen (secondary N) is 1. The van der Waals surface area contributed by atoms with Gasteiger partial charge >= 0.3 is 6.18 Å². The second kappa shape index (κ2) is 9.40. The number of benzene rings is 1. The highest BCUT2D eigenvalue weighted by atomic mass is 35.5. The van der Waals surface area contributed by atoms with E-state index in [2.05, 4.69) is 10.2 Å². The van der Waals surface area contributed by atoms with Crippen molar-refractivity contribution in [1.82, 2.24) is 10.2 Å². The zero-order chi connectivity index (χ0) is 16.4. The first-order chi connectivity index (χ1) is 11.0. The fourth-order valence-electron chi connectivity index (χ4n) is 3.98. The Bertz CT molecular complexity index is 542. The van der Waals surface area contributed by atoms with Crippen LogP contribution >= 0.6 is 24.8 Å². The molecule has 0 radical (unpaired) electrons. The van der Waals surface area contributed by atoms with Crippen LogP contribution in [0.15, 0.2) is 18.2 Å². The molecule has 0 aromatic heterocycles. The van der Waals surface area contributed by atoms with Crippen molar-refractivity contribution in [1.29, 1.82) is 0 Å².